The van der Waals surface area contributed by atoms with Gasteiger partial charge in [0.15, 0.2) is 18.4 Å². The van der Waals surface area contributed by atoms with Crippen LogP contribution in [0.3, 0.4) is 0 Å². The lowest BCUT2D eigenvalue weighted by atomic mass is 9.44. The number of aliphatic hydroxyl groups excluding tert-OH is 7. The van der Waals surface area contributed by atoms with Crippen LogP contribution in [0.15, 0.2) is 0 Å². The van der Waals surface area contributed by atoms with Gasteiger partial charge in [0.1, 0.15) is 42.7 Å². The minimum Gasteiger partial charge on any atom is -0.394 e. The standard InChI is InChI=1S/C39H64O13/c1-17-8-11-39(47-16-17)18(2)28-26(52-39)13-23-21-7-6-20-12-25(24(41)14-38(20,5)22(21)9-10-37(23,28)4)49-36-34(32(45)30(43)27(15-40)50-36)51-35-33(46)31(44)29(42)19(3)48-35/h17-36,40-46H,6-16H2,1-5H3/t17?,18-,19-,20-,21+,22-,23-,24+,25+,26-,27+,28-,29-,30+,31+,32-,33+,34+,35-,36+,37-,38-,39+/m0/s1. The van der Waals surface area contributed by atoms with Gasteiger partial charge in [-0.15, -0.1) is 0 Å². The van der Waals surface area contributed by atoms with E-state index in [4.69, 9.17) is 28.4 Å². The molecule has 7 N–H and O–H groups in total. The van der Waals surface area contributed by atoms with Crippen molar-refractivity contribution in [3.8, 4) is 0 Å². The molecule has 8 aliphatic rings. The van der Waals surface area contributed by atoms with Crippen molar-refractivity contribution in [3.05, 3.63) is 0 Å². The van der Waals surface area contributed by atoms with Gasteiger partial charge in [-0.25, -0.2) is 0 Å². The van der Waals surface area contributed by atoms with Crippen molar-refractivity contribution in [1.29, 1.82) is 0 Å². The summed E-state index contributed by atoms with van der Waals surface area (Å²) in [4.78, 5) is 0. The van der Waals surface area contributed by atoms with E-state index < -0.39 is 86.0 Å². The molecule has 4 heterocycles. The quantitative estimate of drug-likeness (QED) is 0.200. The first-order chi connectivity index (χ1) is 24.6. The lowest BCUT2D eigenvalue weighted by Crippen LogP contribution is -2.65. The first-order valence-electron chi connectivity index (χ1n) is 20.2. The highest BCUT2D eigenvalue weighted by Gasteiger charge is 2.69. The number of rotatable bonds is 5. The number of hydrogen-bond donors (Lipinski definition) is 7. The van der Waals surface area contributed by atoms with E-state index in [9.17, 15) is 35.7 Å². The Bertz CT molecular complexity index is 1280. The van der Waals surface area contributed by atoms with Crippen LogP contribution in [-0.4, -0.2) is 134 Å². The second-order valence-electron chi connectivity index (χ2n) is 18.8. The van der Waals surface area contributed by atoms with Crippen LogP contribution in [0.1, 0.15) is 92.4 Å². The van der Waals surface area contributed by atoms with Crippen molar-refractivity contribution in [2.75, 3.05) is 13.2 Å². The summed E-state index contributed by atoms with van der Waals surface area (Å²) in [6, 6.07) is 0. The van der Waals surface area contributed by atoms with Crippen molar-refractivity contribution < 1.29 is 64.2 Å². The minimum atomic E-state index is -1.65. The summed E-state index contributed by atoms with van der Waals surface area (Å²) in [6.07, 6.45) is -6.51. The van der Waals surface area contributed by atoms with Crippen molar-refractivity contribution >= 4 is 0 Å². The monoisotopic (exact) mass is 740 g/mol. The van der Waals surface area contributed by atoms with E-state index >= 15 is 0 Å². The third-order valence-electron chi connectivity index (χ3n) is 16.2. The lowest BCUT2D eigenvalue weighted by molar-refractivity contribution is -0.374. The molecular formula is C39H64O13. The maximum atomic E-state index is 11.8. The molecular weight excluding hydrogens is 676 g/mol. The van der Waals surface area contributed by atoms with E-state index in [2.05, 4.69) is 27.7 Å². The van der Waals surface area contributed by atoms with Crippen LogP contribution in [0.2, 0.25) is 0 Å². The van der Waals surface area contributed by atoms with Crippen molar-refractivity contribution in [1.82, 2.24) is 0 Å². The Morgan fingerprint density at radius 2 is 1.50 bits per heavy atom. The van der Waals surface area contributed by atoms with Gasteiger partial charge in [0, 0.05) is 12.3 Å². The fourth-order valence-electron chi connectivity index (χ4n) is 13.2. The Morgan fingerprint density at radius 3 is 2.21 bits per heavy atom. The fourth-order valence-corrected chi connectivity index (χ4v) is 13.2. The zero-order valence-electron chi connectivity index (χ0n) is 31.4. The van der Waals surface area contributed by atoms with E-state index in [1.807, 2.05) is 0 Å². The Balaban J connectivity index is 0.962. The highest BCUT2D eigenvalue weighted by Crippen LogP contribution is 2.71. The molecule has 0 aromatic carbocycles. The van der Waals surface area contributed by atoms with Crippen LogP contribution >= 0.6 is 0 Å². The number of hydrogen-bond acceptors (Lipinski definition) is 13. The van der Waals surface area contributed by atoms with Crippen molar-refractivity contribution in [2.24, 2.45) is 52.3 Å². The summed E-state index contributed by atoms with van der Waals surface area (Å²) in [7, 11) is 0. The highest BCUT2D eigenvalue weighted by molar-refractivity contribution is 5.16. The second kappa shape index (κ2) is 13.8. The molecule has 1 spiro atoms. The van der Waals surface area contributed by atoms with E-state index in [1.54, 1.807) is 0 Å². The zero-order valence-corrected chi connectivity index (χ0v) is 31.4. The van der Waals surface area contributed by atoms with Gasteiger partial charge in [0.05, 0.1) is 37.6 Å². The van der Waals surface area contributed by atoms with Crippen LogP contribution in [0.5, 0.6) is 0 Å². The Morgan fingerprint density at radius 1 is 0.731 bits per heavy atom. The van der Waals surface area contributed by atoms with Gasteiger partial charge in [-0.1, -0.05) is 27.7 Å². The van der Waals surface area contributed by atoms with Crippen LogP contribution in [0.25, 0.3) is 0 Å². The summed E-state index contributed by atoms with van der Waals surface area (Å²) in [6.45, 7) is 11.2. The van der Waals surface area contributed by atoms with Gasteiger partial charge in [-0.3, -0.25) is 0 Å². The molecule has 0 aromatic heterocycles. The average molecular weight is 741 g/mol. The van der Waals surface area contributed by atoms with Gasteiger partial charge in [0.25, 0.3) is 0 Å². The lowest BCUT2D eigenvalue weighted by Gasteiger charge is -2.62. The summed E-state index contributed by atoms with van der Waals surface area (Å²) in [5.41, 5.74) is 0.115. The molecule has 23 atom stereocenters. The van der Waals surface area contributed by atoms with Crippen LogP contribution in [0, 0.1) is 52.3 Å². The maximum Gasteiger partial charge on any atom is 0.187 e. The average Bonchev–Trinajstić information content (AvgIpc) is 3.56. The van der Waals surface area contributed by atoms with Crippen LogP contribution in [-0.2, 0) is 28.4 Å². The Hall–Kier alpha value is -0.520. The fraction of sp³-hybridized carbons (Fsp3) is 1.00. The molecule has 0 bridgehead atoms. The van der Waals surface area contributed by atoms with E-state index in [1.165, 1.54) is 6.92 Å². The number of aliphatic hydroxyl groups is 7. The summed E-state index contributed by atoms with van der Waals surface area (Å²) < 4.78 is 37.4. The highest BCUT2D eigenvalue weighted by atomic mass is 16.8. The topological polar surface area (TPSA) is 197 Å². The van der Waals surface area contributed by atoms with Gasteiger partial charge in [-0.05, 0) is 105 Å². The molecule has 0 amide bonds. The third kappa shape index (κ3) is 5.89. The maximum absolute atomic E-state index is 11.8. The smallest absolute Gasteiger partial charge is 0.187 e. The summed E-state index contributed by atoms with van der Waals surface area (Å²) in [5.74, 6) is 2.91. The zero-order chi connectivity index (χ0) is 37.1. The largest absolute Gasteiger partial charge is 0.394 e. The third-order valence-corrected chi connectivity index (χ3v) is 16.2. The summed E-state index contributed by atoms with van der Waals surface area (Å²) >= 11 is 0. The second-order valence-corrected chi connectivity index (χ2v) is 18.8. The molecule has 13 heteroatoms. The molecule has 8 rings (SSSR count). The molecule has 4 aliphatic carbocycles. The molecule has 13 nitrogen and oxygen atoms in total. The van der Waals surface area contributed by atoms with Gasteiger partial charge in [0.2, 0.25) is 0 Å². The van der Waals surface area contributed by atoms with E-state index in [0.717, 1.165) is 51.6 Å². The molecule has 1 unspecified atom stereocenters. The Kier molecular flexibility index (Phi) is 10.2. The molecule has 4 saturated carbocycles. The molecule has 0 radical (unpaired) electrons. The predicted molar refractivity (Wildman–Crippen MR) is 183 cm³/mol. The van der Waals surface area contributed by atoms with E-state index in [-0.39, 0.29) is 22.9 Å². The molecule has 52 heavy (non-hydrogen) atoms. The minimum absolute atomic E-state index is 0.0859. The molecule has 0 aromatic rings. The molecule has 298 valence electrons. The Labute approximate surface area is 307 Å². The van der Waals surface area contributed by atoms with Crippen molar-refractivity contribution in [2.45, 2.75) is 178 Å². The van der Waals surface area contributed by atoms with E-state index in [0.29, 0.717) is 48.3 Å². The predicted octanol–water partition coefficient (Wildman–Crippen LogP) is 1.44. The summed E-state index contributed by atoms with van der Waals surface area (Å²) in [5, 5.41) is 74.8. The molecule has 8 fully saturated rings. The first kappa shape index (κ1) is 38.4. The normalized spacial score (nSPS) is 60.5. The van der Waals surface area contributed by atoms with Gasteiger partial charge < -0.3 is 64.2 Å². The molecule has 4 aliphatic heterocycles. The van der Waals surface area contributed by atoms with Crippen LogP contribution < -0.4 is 0 Å². The number of fused-ring (bicyclic) bond motifs is 7. The molecule has 4 saturated heterocycles. The van der Waals surface area contributed by atoms with Crippen molar-refractivity contribution in [3.63, 3.8) is 0 Å². The first-order valence-corrected chi connectivity index (χ1v) is 20.2. The van der Waals surface area contributed by atoms with Gasteiger partial charge in [-0.2, -0.15) is 0 Å². The van der Waals surface area contributed by atoms with Gasteiger partial charge >= 0.3 is 0 Å². The van der Waals surface area contributed by atoms with Crippen LogP contribution in [0.4, 0.5) is 0 Å². The SMILES string of the molecule is CC1CC[C@@]2(OC1)O[C@H]1C[C@H]3[C@@H]4CC[C@H]5C[C@@H](O[C@@H]6O[C@H](CO)[C@@H](O)[C@H](O)[C@H]6O[C@@H]6O[C@@H](C)[C@H](O)[C@@H](O)[C@H]6O)[C@H](O)C[C@]5(C)[C@H]4CC[C@]3(C)[C@H]1[C@@H]2C. The number of ether oxygens (including phenoxy) is 6.